The zero-order valence-electron chi connectivity index (χ0n) is 10.5. The van der Waals surface area contributed by atoms with Crippen LogP contribution < -0.4 is 5.32 Å². The number of hydrogen-bond acceptors (Lipinski definition) is 3. The molecule has 0 aromatic heterocycles. The van der Waals surface area contributed by atoms with Gasteiger partial charge in [0.15, 0.2) is 0 Å². The molecule has 1 rings (SSSR count). The lowest BCUT2D eigenvalue weighted by molar-refractivity contribution is -0.134. The van der Waals surface area contributed by atoms with E-state index in [1.807, 2.05) is 11.8 Å². The van der Waals surface area contributed by atoms with Gasteiger partial charge in [0.05, 0.1) is 12.6 Å². The lowest BCUT2D eigenvalue weighted by Crippen LogP contribution is -2.46. The van der Waals surface area contributed by atoms with E-state index in [1.54, 1.807) is 0 Å². The van der Waals surface area contributed by atoms with Crippen molar-refractivity contribution >= 4 is 5.91 Å². The molecule has 1 unspecified atom stereocenters. The van der Waals surface area contributed by atoms with Crippen molar-refractivity contribution in [2.24, 2.45) is 0 Å². The van der Waals surface area contributed by atoms with Crippen molar-refractivity contribution in [1.29, 1.82) is 0 Å². The minimum absolute atomic E-state index is 0.201. The molecule has 1 aliphatic heterocycles. The fraction of sp³-hybridized carbons (Fsp3) is 0.917. The molecule has 1 atom stereocenters. The summed E-state index contributed by atoms with van der Waals surface area (Å²) in [6, 6.07) is 0. The van der Waals surface area contributed by atoms with Crippen molar-refractivity contribution in [2.45, 2.75) is 39.2 Å². The molecule has 1 N–H and O–H groups in total. The van der Waals surface area contributed by atoms with Gasteiger partial charge in [0, 0.05) is 19.7 Å². The SMILES string of the molecule is CCCOC1CCCN(C(=O)CNCC)C1. The summed E-state index contributed by atoms with van der Waals surface area (Å²) in [5.74, 6) is 0.201. The average molecular weight is 228 g/mol. The fourth-order valence-electron chi connectivity index (χ4n) is 1.93. The summed E-state index contributed by atoms with van der Waals surface area (Å²) in [4.78, 5) is 13.7. The van der Waals surface area contributed by atoms with Gasteiger partial charge in [-0.15, -0.1) is 0 Å². The molecule has 0 spiro atoms. The van der Waals surface area contributed by atoms with E-state index in [-0.39, 0.29) is 12.0 Å². The summed E-state index contributed by atoms with van der Waals surface area (Å²) >= 11 is 0. The Hall–Kier alpha value is -0.610. The molecule has 1 saturated heterocycles. The molecule has 1 amide bonds. The van der Waals surface area contributed by atoms with Crippen LogP contribution in [0.5, 0.6) is 0 Å². The lowest BCUT2D eigenvalue weighted by Gasteiger charge is -2.32. The van der Waals surface area contributed by atoms with Crippen LogP contribution in [0.1, 0.15) is 33.1 Å². The van der Waals surface area contributed by atoms with Crippen LogP contribution in [0.25, 0.3) is 0 Å². The van der Waals surface area contributed by atoms with Crippen LogP contribution >= 0.6 is 0 Å². The van der Waals surface area contributed by atoms with Crippen LogP contribution in [0.4, 0.5) is 0 Å². The molecule has 16 heavy (non-hydrogen) atoms. The first-order chi connectivity index (χ1) is 7.77. The third-order valence-electron chi connectivity index (χ3n) is 2.81. The van der Waals surface area contributed by atoms with E-state index in [0.29, 0.717) is 6.54 Å². The number of carbonyl (C=O) groups is 1. The summed E-state index contributed by atoms with van der Waals surface area (Å²) < 4.78 is 5.70. The average Bonchev–Trinajstić information content (AvgIpc) is 2.33. The molecule has 0 saturated carbocycles. The molecule has 1 fully saturated rings. The first kappa shape index (κ1) is 13.5. The summed E-state index contributed by atoms with van der Waals surface area (Å²) in [5, 5.41) is 3.07. The minimum atomic E-state index is 0.201. The van der Waals surface area contributed by atoms with Gasteiger partial charge >= 0.3 is 0 Å². The number of nitrogens with one attached hydrogen (secondary N) is 1. The molecule has 0 aromatic rings. The third kappa shape index (κ3) is 4.49. The van der Waals surface area contributed by atoms with E-state index in [9.17, 15) is 4.79 Å². The number of piperidine rings is 1. The molecule has 4 nitrogen and oxygen atoms in total. The van der Waals surface area contributed by atoms with Gasteiger partial charge in [-0.25, -0.2) is 0 Å². The number of ether oxygens (including phenoxy) is 1. The molecule has 0 bridgehead atoms. The molecule has 94 valence electrons. The zero-order valence-corrected chi connectivity index (χ0v) is 10.5. The van der Waals surface area contributed by atoms with Crippen molar-refractivity contribution < 1.29 is 9.53 Å². The van der Waals surface area contributed by atoms with Crippen LogP contribution in [0.2, 0.25) is 0 Å². The summed E-state index contributed by atoms with van der Waals surface area (Å²) in [6.07, 6.45) is 3.44. The van der Waals surface area contributed by atoms with Gasteiger partial charge in [-0.2, -0.15) is 0 Å². The van der Waals surface area contributed by atoms with Crippen molar-refractivity contribution in [1.82, 2.24) is 10.2 Å². The van der Waals surface area contributed by atoms with E-state index in [4.69, 9.17) is 4.74 Å². The Balaban J connectivity index is 2.28. The molecule has 0 aromatic carbocycles. The van der Waals surface area contributed by atoms with E-state index >= 15 is 0 Å². The molecular formula is C12H24N2O2. The first-order valence-corrected chi connectivity index (χ1v) is 6.38. The van der Waals surface area contributed by atoms with E-state index in [1.165, 1.54) is 0 Å². The minimum Gasteiger partial charge on any atom is -0.376 e. The second-order valence-electron chi connectivity index (χ2n) is 4.26. The van der Waals surface area contributed by atoms with Crippen molar-refractivity contribution in [3.8, 4) is 0 Å². The third-order valence-corrected chi connectivity index (χ3v) is 2.81. The highest BCUT2D eigenvalue weighted by molar-refractivity contribution is 5.78. The number of likely N-dealkylation sites (tertiary alicyclic amines) is 1. The van der Waals surface area contributed by atoms with E-state index in [2.05, 4.69) is 12.2 Å². The molecule has 4 heteroatoms. The second-order valence-corrected chi connectivity index (χ2v) is 4.26. The van der Waals surface area contributed by atoms with Gasteiger partial charge < -0.3 is 15.0 Å². The maximum Gasteiger partial charge on any atom is 0.236 e. The van der Waals surface area contributed by atoms with Crippen LogP contribution in [-0.4, -0.2) is 49.7 Å². The summed E-state index contributed by atoms with van der Waals surface area (Å²) in [6.45, 7) is 7.88. The van der Waals surface area contributed by atoms with Crippen LogP contribution in [0.3, 0.4) is 0 Å². The van der Waals surface area contributed by atoms with Gasteiger partial charge in [-0.05, 0) is 25.8 Å². The number of hydrogen-bond donors (Lipinski definition) is 1. The molecule has 0 radical (unpaired) electrons. The first-order valence-electron chi connectivity index (χ1n) is 6.38. The Morgan fingerprint density at radius 3 is 3.00 bits per heavy atom. The van der Waals surface area contributed by atoms with Gasteiger partial charge in [0.25, 0.3) is 0 Å². The van der Waals surface area contributed by atoms with Gasteiger partial charge in [0.1, 0.15) is 0 Å². The Bertz CT molecular complexity index is 209. The van der Waals surface area contributed by atoms with Crippen LogP contribution in [0.15, 0.2) is 0 Å². The Kier molecular flexibility index (Phi) is 6.42. The lowest BCUT2D eigenvalue weighted by atomic mass is 10.1. The quantitative estimate of drug-likeness (QED) is 0.738. The van der Waals surface area contributed by atoms with Gasteiger partial charge in [0.2, 0.25) is 5.91 Å². The van der Waals surface area contributed by atoms with Crippen LogP contribution in [0, 0.1) is 0 Å². The second kappa shape index (κ2) is 7.63. The highest BCUT2D eigenvalue weighted by atomic mass is 16.5. The number of likely N-dealkylation sites (N-methyl/N-ethyl adjacent to an activating group) is 1. The summed E-state index contributed by atoms with van der Waals surface area (Å²) in [7, 11) is 0. The highest BCUT2D eigenvalue weighted by Gasteiger charge is 2.23. The fourth-order valence-corrected chi connectivity index (χ4v) is 1.93. The topological polar surface area (TPSA) is 41.6 Å². The number of nitrogens with zero attached hydrogens (tertiary/aromatic N) is 1. The predicted molar refractivity (Wildman–Crippen MR) is 64.4 cm³/mol. The normalized spacial score (nSPS) is 21.1. The summed E-state index contributed by atoms with van der Waals surface area (Å²) in [5.41, 5.74) is 0. The number of amides is 1. The largest absolute Gasteiger partial charge is 0.376 e. The Morgan fingerprint density at radius 2 is 2.31 bits per heavy atom. The molecular weight excluding hydrogens is 204 g/mol. The maximum absolute atomic E-state index is 11.8. The molecule has 0 aliphatic carbocycles. The van der Waals surface area contributed by atoms with Crippen LogP contribution in [-0.2, 0) is 9.53 Å². The van der Waals surface area contributed by atoms with Gasteiger partial charge in [-0.3, -0.25) is 4.79 Å². The standard InChI is InChI=1S/C12H24N2O2/c1-3-8-16-11-6-5-7-14(10-11)12(15)9-13-4-2/h11,13H,3-10H2,1-2H3. The van der Waals surface area contributed by atoms with Crippen molar-refractivity contribution in [3.63, 3.8) is 0 Å². The zero-order chi connectivity index (χ0) is 11.8. The smallest absolute Gasteiger partial charge is 0.236 e. The van der Waals surface area contributed by atoms with Crippen molar-refractivity contribution in [3.05, 3.63) is 0 Å². The molecule has 1 aliphatic rings. The maximum atomic E-state index is 11.8. The van der Waals surface area contributed by atoms with Crippen molar-refractivity contribution in [2.75, 3.05) is 32.8 Å². The number of rotatable bonds is 6. The van der Waals surface area contributed by atoms with E-state index < -0.39 is 0 Å². The Labute approximate surface area is 98.3 Å². The van der Waals surface area contributed by atoms with E-state index in [0.717, 1.165) is 45.5 Å². The Morgan fingerprint density at radius 1 is 1.50 bits per heavy atom. The highest BCUT2D eigenvalue weighted by Crippen LogP contribution is 2.13. The number of carbonyl (C=O) groups excluding carboxylic acids is 1. The molecule has 1 heterocycles. The predicted octanol–water partition coefficient (Wildman–Crippen LogP) is 1.01. The monoisotopic (exact) mass is 228 g/mol. The van der Waals surface area contributed by atoms with Gasteiger partial charge in [-0.1, -0.05) is 13.8 Å².